The lowest BCUT2D eigenvalue weighted by Gasteiger charge is -2.30. The molecule has 55 heavy (non-hydrogen) atoms. The molecule has 0 unspecified atom stereocenters. The average Bonchev–Trinajstić information content (AvgIpc) is 3.98. The first kappa shape index (κ1) is 39.1. The number of aryl methyl sites for hydroxylation is 1. The summed E-state index contributed by atoms with van der Waals surface area (Å²) in [4.78, 5) is 58.4. The van der Waals surface area contributed by atoms with Crippen molar-refractivity contribution in [3.8, 4) is 22.4 Å². The third kappa shape index (κ3) is 9.18. The van der Waals surface area contributed by atoms with Crippen LogP contribution < -0.4 is 5.32 Å². The largest absolute Gasteiger partial charge is 0.453 e. The molecule has 2 saturated heterocycles. The molecule has 4 aromatic rings. The summed E-state index contributed by atoms with van der Waals surface area (Å²) >= 11 is 0. The topological polar surface area (TPSA) is 146 Å². The highest BCUT2D eigenvalue weighted by molar-refractivity contribution is 5.86. The summed E-state index contributed by atoms with van der Waals surface area (Å²) in [5.41, 5.74) is 6.55. The van der Waals surface area contributed by atoms with E-state index in [1.54, 1.807) is 11.1 Å². The van der Waals surface area contributed by atoms with Gasteiger partial charge in [-0.1, -0.05) is 68.5 Å². The van der Waals surface area contributed by atoms with Crippen molar-refractivity contribution in [1.82, 2.24) is 35.1 Å². The first-order chi connectivity index (χ1) is 26.3. The van der Waals surface area contributed by atoms with Crippen molar-refractivity contribution in [2.24, 2.45) is 5.92 Å². The van der Waals surface area contributed by atoms with Crippen LogP contribution in [0.15, 0.2) is 67.0 Å². The van der Waals surface area contributed by atoms with Crippen LogP contribution in [0.1, 0.15) is 101 Å². The van der Waals surface area contributed by atoms with E-state index in [4.69, 9.17) is 14.5 Å². The molecule has 2 aromatic heterocycles. The maximum absolute atomic E-state index is 13.7. The van der Waals surface area contributed by atoms with E-state index in [0.29, 0.717) is 13.1 Å². The van der Waals surface area contributed by atoms with E-state index >= 15 is 0 Å². The number of likely N-dealkylation sites (tertiary alicyclic amines) is 2. The van der Waals surface area contributed by atoms with Crippen molar-refractivity contribution in [3.05, 3.63) is 95.5 Å². The first-order valence-corrected chi connectivity index (χ1v) is 19.1. The number of nitrogens with zero attached hydrogens (tertiary/aromatic N) is 4. The number of aromatic nitrogens is 4. The Morgan fingerprint density at radius 1 is 0.891 bits per heavy atom. The second kappa shape index (κ2) is 16.8. The molecular weight excluding hydrogens is 695 g/mol. The molecule has 0 spiro atoms. The van der Waals surface area contributed by atoms with Crippen molar-refractivity contribution < 1.29 is 23.9 Å². The zero-order valence-corrected chi connectivity index (χ0v) is 32.9. The van der Waals surface area contributed by atoms with Gasteiger partial charge in [-0.05, 0) is 93.7 Å². The van der Waals surface area contributed by atoms with Crippen molar-refractivity contribution in [3.63, 3.8) is 0 Å². The quantitative estimate of drug-likeness (QED) is 0.138. The number of rotatable bonds is 10. The van der Waals surface area contributed by atoms with Gasteiger partial charge >= 0.3 is 12.2 Å². The van der Waals surface area contributed by atoms with Crippen molar-refractivity contribution >= 4 is 30.2 Å². The number of hydrogen-bond acceptors (Lipinski definition) is 7. The SMILES string of the molecule is COC(=O)N[C@H](C(=O)N1CCC[C@H]1c1ncc(-c2ccc(C=CC=Cc3cnc([C@@H]4CCCN4C(=O)OC(C)(C)C)[nH]3)c(-c3ccccc3C)c2)[nH]1)C(C)C. The molecule has 2 fully saturated rings. The number of amides is 3. The minimum Gasteiger partial charge on any atom is -0.453 e. The minimum absolute atomic E-state index is 0.110. The number of ether oxygens (including phenoxy) is 2. The maximum Gasteiger partial charge on any atom is 0.410 e. The van der Waals surface area contributed by atoms with Crippen LogP contribution in [0.25, 0.3) is 34.5 Å². The molecule has 0 bridgehead atoms. The molecule has 4 heterocycles. The normalized spacial score (nSPS) is 18.1. The van der Waals surface area contributed by atoms with Gasteiger partial charge in [0.05, 0.1) is 43.0 Å². The Hall–Kier alpha value is -5.65. The number of benzene rings is 2. The third-order valence-electron chi connectivity index (χ3n) is 10.1. The van der Waals surface area contributed by atoms with Gasteiger partial charge in [0, 0.05) is 18.7 Å². The molecule has 0 saturated carbocycles. The molecule has 3 N–H and O–H groups in total. The van der Waals surface area contributed by atoms with Crippen LogP contribution in [-0.2, 0) is 14.3 Å². The molecule has 0 aliphatic carbocycles. The van der Waals surface area contributed by atoms with Crippen LogP contribution in [0.5, 0.6) is 0 Å². The van der Waals surface area contributed by atoms with Crippen LogP contribution in [0.2, 0.25) is 0 Å². The Bertz CT molecular complexity index is 2050. The number of nitrogens with one attached hydrogen (secondary N) is 3. The number of hydrogen-bond donors (Lipinski definition) is 3. The van der Waals surface area contributed by atoms with E-state index in [9.17, 15) is 14.4 Å². The summed E-state index contributed by atoms with van der Waals surface area (Å²) in [5, 5.41) is 2.71. The number of alkyl carbamates (subject to hydrolysis) is 1. The van der Waals surface area contributed by atoms with Crippen molar-refractivity contribution in [2.75, 3.05) is 20.2 Å². The van der Waals surface area contributed by atoms with Crippen LogP contribution in [0.3, 0.4) is 0 Å². The van der Waals surface area contributed by atoms with E-state index in [0.717, 1.165) is 76.5 Å². The second-order valence-electron chi connectivity index (χ2n) is 15.6. The van der Waals surface area contributed by atoms with Gasteiger partial charge in [0.15, 0.2) is 0 Å². The third-order valence-corrected chi connectivity index (χ3v) is 10.1. The Kier molecular flexibility index (Phi) is 11.9. The van der Waals surface area contributed by atoms with Crippen LogP contribution in [-0.4, -0.2) is 79.7 Å². The van der Waals surface area contributed by atoms with Crippen LogP contribution in [0.4, 0.5) is 9.59 Å². The molecule has 2 aliphatic rings. The Morgan fingerprint density at radius 3 is 2.27 bits per heavy atom. The highest BCUT2D eigenvalue weighted by Crippen LogP contribution is 2.36. The number of carbonyl (C=O) groups excluding carboxylic acids is 3. The molecule has 6 rings (SSSR count). The van der Waals surface area contributed by atoms with E-state index in [2.05, 4.69) is 63.6 Å². The second-order valence-corrected chi connectivity index (χ2v) is 15.6. The predicted octanol–water partition coefficient (Wildman–Crippen LogP) is 8.62. The summed E-state index contributed by atoms with van der Waals surface area (Å²) in [5.74, 6) is 1.23. The van der Waals surface area contributed by atoms with E-state index in [-0.39, 0.29) is 30.0 Å². The monoisotopic (exact) mass is 747 g/mol. The number of H-pyrrole nitrogens is 2. The number of imidazole rings is 2. The fraction of sp³-hybridized carbons (Fsp3) is 0.419. The first-order valence-electron chi connectivity index (χ1n) is 19.1. The summed E-state index contributed by atoms with van der Waals surface area (Å²) in [6.45, 7) is 12.8. The van der Waals surface area contributed by atoms with Gasteiger partial charge in [-0.15, -0.1) is 0 Å². The van der Waals surface area contributed by atoms with Gasteiger partial charge in [-0.25, -0.2) is 19.6 Å². The smallest absolute Gasteiger partial charge is 0.410 e. The van der Waals surface area contributed by atoms with Gasteiger partial charge in [0.2, 0.25) is 5.91 Å². The van der Waals surface area contributed by atoms with E-state index in [1.807, 2.05) is 76.1 Å². The van der Waals surface area contributed by atoms with Gasteiger partial charge in [-0.2, -0.15) is 0 Å². The lowest BCUT2D eigenvalue weighted by molar-refractivity contribution is -0.135. The Balaban J connectivity index is 1.20. The fourth-order valence-corrected chi connectivity index (χ4v) is 7.34. The Morgan fingerprint density at radius 2 is 1.56 bits per heavy atom. The highest BCUT2D eigenvalue weighted by Gasteiger charge is 2.38. The van der Waals surface area contributed by atoms with Crippen molar-refractivity contribution in [2.45, 2.75) is 91.0 Å². The molecule has 2 aromatic carbocycles. The van der Waals surface area contributed by atoms with E-state index < -0.39 is 17.7 Å². The number of carbonyl (C=O) groups is 3. The van der Waals surface area contributed by atoms with Gasteiger partial charge in [0.25, 0.3) is 0 Å². The summed E-state index contributed by atoms with van der Waals surface area (Å²) in [7, 11) is 1.30. The molecule has 3 atom stereocenters. The zero-order valence-electron chi connectivity index (χ0n) is 32.9. The molecule has 12 heteroatoms. The predicted molar refractivity (Wildman–Crippen MR) is 214 cm³/mol. The van der Waals surface area contributed by atoms with Crippen molar-refractivity contribution in [1.29, 1.82) is 0 Å². The van der Waals surface area contributed by atoms with Gasteiger partial charge in [-0.3, -0.25) is 9.69 Å². The molecule has 2 aliphatic heterocycles. The van der Waals surface area contributed by atoms with Gasteiger partial charge < -0.3 is 29.7 Å². The fourth-order valence-electron chi connectivity index (χ4n) is 7.34. The minimum atomic E-state index is -0.694. The van der Waals surface area contributed by atoms with Crippen LogP contribution in [0, 0.1) is 12.8 Å². The number of allylic oxidation sites excluding steroid dienone is 2. The number of methoxy groups -OCH3 is 1. The number of aromatic amines is 2. The lowest BCUT2D eigenvalue weighted by Crippen LogP contribution is -2.51. The molecule has 0 radical (unpaired) electrons. The highest BCUT2D eigenvalue weighted by atomic mass is 16.6. The molecule has 3 amide bonds. The summed E-state index contributed by atoms with van der Waals surface area (Å²) in [6.07, 6.45) is 14.1. The van der Waals surface area contributed by atoms with E-state index in [1.165, 1.54) is 7.11 Å². The maximum atomic E-state index is 13.7. The van der Waals surface area contributed by atoms with Gasteiger partial charge in [0.1, 0.15) is 23.3 Å². The molecule has 290 valence electrons. The summed E-state index contributed by atoms with van der Waals surface area (Å²) in [6, 6.07) is 13.6. The molecule has 12 nitrogen and oxygen atoms in total. The van der Waals surface area contributed by atoms with Crippen LogP contribution >= 0.6 is 0 Å². The average molecular weight is 748 g/mol. The lowest BCUT2D eigenvalue weighted by atomic mass is 9.93. The molecular formula is C43H53N7O5. The summed E-state index contributed by atoms with van der Waals surface area (Å²) < 4.78 is 10.4. The standard InChI is InChI=1S/C43H53N7O5/c1-27(2)37(48-41(52)54-7)40(51)49-22-12-18-35(49)39-45-26-34(47-39)30-21-20-29(33(24-30)32-17-11-8-14-28(32)3)15-9-10-16-31-25-44-38(46-31)36-19-13-23-50(36)42(53)55-43(4,5)6/h8-11,14-17,20-21,24-27,35-37H,12-13,18-19,22-23H2,1-7H3,(H,44,46)(H,45,47)(H,48,52)/t35-,36-,37-/m0/s1. The Labute approximate surface area is 323 Å². The zero-order chi connectivity index (χ0) is 39.3.